The van der Waals surface area contributed by atoms with E-state index in [9.17, 15) is 0 Å². The van der Waals surface area contributed by atoms with Gasteiger partial charge in [-0.3, -0.25) is 0 Å². The maximum Gasteiger partial charge on any atom is 0.155 e. The van der Waals surface area contributed by atoms with E-state index in [1.165, 1.54) is 16.8 Å². The fourth-order valence-corrected chi connectivity index (χ4v) is 5.61. The zero-order valence-electron chi connectivity index (χ0n) is 23.4. The summed E-state index contributed by atoms with van der Waals surface area (Å²) < 4.78 is 32.2. The minimum atomic E-state index is -0.629. The summed E-state index contributed by atoms with van der Waals surface area (Å²) in [6.45, 7) is 5.92. The number of fused-ring (bicyclic) bond motifs is 1. The topological polar surface area (TPSA) is 3.24 Å². The molecular weight excluding hydrogens is 508 g/mol. The van der Waals surface area contributed by atoms with Crippen LogP contribution in [0, 0.1) is 11.6 Å². The van der Waals surface area contributed by atoms with E-state index in [0.29, 0.717) is 22.5 Å². The Labute approximate surface area is 240 Å². The van der Waals surface area contributed by atoms with Crippen LogP contribution in [0.1, 0.15) is 20.8 Å². The molecule has 0 unspecified atom stereocenters. The molecule has 0 radical (unpaired) electrons. The van der Waals surface area contributed by atoms with Gasteiger partial charge in [0, 0.05) is 16.7 Å². The van der Waals surface area contributed by atoms with E-state index in [2.05, 4.69) is 42.5 Å². The fraction of sp³-hybridized carbons (Fsp3) is 0.105. The van der Waals surface area contributed by atoms with Crippen molar-refractivity contribution in [1.29, 1.82) is 0 Å². The molecule has 0 N–H and O–H groups in total. The summed E-state index contributed by atoms with van der Waals surface area (Å²) in [5.74, 6) is -0.783. The minimum Gasteiger partial charge on any atom is -0.331 e. The van der Waals surface area contributed by atoms with Crippen LogP contribution in [0.5, 0.6) is 0 Å². The average Bonchev–Trinajstić information content (AvgIpc) is 2.99. The van der Waals surface area contributed by atoms with Gasteiger partial charge in [0.2, 0.25) is 0 Å². The standard InChI is InChI=1S/C38H31F2N/c1-38(2,3)41(35-19-10-9-18-34(35)39)37-33(25-24-32(36(37)40)27-12-5-4-6-13-27)29-22-20-28(21-23-29)31-17-11-15-26-14-7-8-16-30(26)31/h4-25H,1-3H3. The number of para-hydroxylation sites is 1. The largest absolute Gasteiger partial charge is 0.331 e. The van der Waals surface area contributed by atoms with Crippen molar-refractivity contribution in [3.8, 4) is 33.4 Å². The van der Waals surface area contributed by atoms with Gasteiger partial charge in [-0.25, -0.2) is 8.78 Å². The summed E-state index contributed by atoms with van der Waals surface area (Å²) in [7, 11) is 0. The van der Waals surface area contributed by atoms with Crippen LogP contribution in [0.4, 0.5) is 20.2 Å². The Kier molecular flexibility index (Phi) is 6.88. The quantitative estimate of drug-likeness (QED) is 0.211. The van der Waals surface area contributed by atoms with Crippen LogP contribution in [-0.2, 0) is 0 Å². The smallest absolute Gasteiger partial charge is 0.155 e. The molecule has 0 amide bonds. The lowest BCUT2D eigenvalue weighted by Gasteiger charge is -2.39. The molecule has 0 aliphatic carbocycles. The van der Waals surface area contributed by atoms with E-state index in [0.717, 1.165) is 22.3 Å². The van der Waals surface area contributed by atoms with Crippen LogP contribution < -0.4 is 4.90 Å². The van der Waals surface area contributed by atoms with Gasteiger partial charge < -0.3 is 4.90 Å². The van der Waals surface area contributed by atoms with E-state index in [4.69, 9.17) is 0 Å². The highest BCUT2D eigenvalue weighted by atomic mass is 19.1. The number of halogens is 2. The Morgan fingerprint density at radius 3 is 1.76 bits per heavy atom. The molecule has 6 aromatic carbocycles. The number of anilines is 2. The summed E-state index contributed by atoms with van der Waals surface area (Å²) in [5, 5.41) is 2.36. The number of benzene rings is 6. The monoisotopic (exact) mass is 539 g/mol. The summed E-state index contributed by atoms with van der Waals surface area (Å²) in [4.78, 5) is 1.79. The molecule has 0 aliphatic heterocycles. The zero-order chi connectivity index (χ0) is 28.6. The van der Waals surface area contributed by atoms with Crippen LogP contribution in [0.15, 0.2) is 133 Å². The first kappa shape index (κ1) is 26.5. The minimum absolute atomic E-state index is 0.331. The van der Waals surface area contributed by atoms with Crippen molar-refractivity contribution >= 4 is 22.1 Å². The van der Waals surface area contributed by atoms with Gasteiger partial charge in [-0.15, -0.1) is 0 Å². The second-order valence-corrected chi connectivity index (χ2v) is 11.3. The Balaban J connectivity index is 1.56. The highest BCUT2D eigenvalue weighted by Crippen LogP contribution is 2.45. The van der Waals surface area contributed by atoms with Crippen LogP contribution in [-0.4, -0.2) is 5.54 Å². The molecule has 0 aliphatic rings. The maximum absolute atomic E-state index is 16.9. The molecule has 0 fully saturated rings. The first-order valence-corrected chi connectivity index (χ1v) is 13.8. The Morgan fingerprint density at radius 2 is 1.05 bits per heavy atom. The Bertz CT molecular complexity index is 1830. The molecule has 41 heavy (non-hydrogen) atoms. The summed E-state index contributed by atoms with van der Waals surface area (Å²) in [6, 6.07) is 42.7. The third-order valence-corrected chi connectivity index (χ3v) is 7.49. The highest BCUT2D eigenvalue weighted by Gasteiger charge is 2.31. The van der Waals surface area contributed by atoms with Gasteiger partial charge in [-0.05, 0) is 65.9 Å². The van der Waals surface area contributed by atoms with Crippen molar-refractivity contribution in [3.05, 3.63) is 145 Å². The van der Waals surface area contributed by atoms with Crippen LogP contribution in [0.3, 0.4) is 0 Å². The molecule has 3 heteroatoms. The van der Waals surface area contributed by atoms with Gasteiger partial charge in [0.15, 0.2) is 5.82 Å². The fourth-order valence-electron chi connectivity index (χ4n) is 5.61. The van der Waals surface area contributed by atoms with Crippen molar-refractivity contribution in [3.63, 3.8) is 0 Å². The van der Waals surface area contributed by atoms with E-state index in [-0.39, 0.29) is 5.82 Å². The number of hydrogen-bond acceptors (Lipinski definition) is 1. The molecule has 6 aromatic rings. The van der Waals surface area contributed by atoms with Gasteiger partial charge in [-0.2, -0.15) is 0 Å². The second kappa shape index (κ2) is 10.7. The third-order valence-electron chi connectivity index (χ3n) is 7.49. The molecule has 0 atom stereocenters. The predicted molar refractivity (Wildman–Crippen MR) is 169 cm³/mol. The molecule has 6 rings (SSSR count). The van der Waals surface area contributed by atoms with Gasteiger partial charge >= 0.3 is 0 Å². The maximum atomic E-state index is 16.9. The lowest BCUT2D eigenvalue weighted by atomic mass is 9.92. The van der Waals surface area contributed by atoms with E-state index >= 15 is 8.78 Å². The lowest BCUT2D eigenvalue weighted by Crippen LogP contribution is -2.39. The highest BCUT2D eigenvalue weighted by molar-refractivity contribution is 5.97. The molecular formula is C38H31F2N. The van der Waals surface area contributed by atoms with Crippen molar-refractivity contribution in [2.45, 2.75) is 26.3 Å². The van der Waals surface area contributed by atoms with Crippen LogP contribution >= 0.6 is 0 Å². The predicted octanol–water partition coefficient (Wildman–Crippen LogP) is 11.1. The van der Waals surface area contributed by atoms with Crippen molar-refractivity contribution in [2.24, 2.45) is 0 Å². The molecule has 0 spiro atoms. The van der Waals surface area contributed by atoms with E-state index < -0.39 is 11.4 Å². The first-order chi connectivity index (χ1) is 19.8. The normalized spacial score (nSPS) is 11.5. The van der Waals surface area contributed by atoms with Crippen molar-refractivity contribution in [2.75, 3.05) is 4.90 Å². The summed E-state index contributed by atoms with van der Waals surface area (Å²) in [6.07, 6.45) is 0. The molecule has 0 saturated carbocycles. The zero-order valence-corrected chi connectivity index (χ0v) is 23.4. The molecule has 0 heterocycles. The third kappa shape index (κ3) is 5.00. The number of nitrogens with zero attached hydrogens (tertiary/aromatic N) is 1. The molecule has 0 bridgehead atoms. The molecule has 1 nitrogen and oxygen atoms in total. The molecule has 0 saturated heterocycles. The van der Waals surface area contributed by atoms with Crippen LogP contribution in [0.2, 0.25) is 0 Å². The first-order valence-electron chi connectivity index (χ1n) is 13.8. The summed E-state index contributed by atoms with van der Waals surface area (Å²) >= 11 is 0. The van der Waals surface area contributed by atoms with Crippen LogP contribution in [0.25, 0.3) is 44.2 Å². The van der Waals surface area contributed by atoms with Crippen molar-refractivity contribution in [1.82, 2.24) is 0 Å². The van der Waals surface area contributed by atoms with E-state index in [1.54, 1.807) is 23.1 Å². The summed E-state index contributed by atoms with van der Waals surface area (Å²) in [5.41, 5.74) is 5.07. The van der Waals surface area contributed by atoms with Gasteiger partial charge in [0.25, 0.3) is 0 Å². The second-order valence-electron chi connectivity index (χ2n) is 11.3. The van der Waals surface area contributed by atoms with Gasteiger partial charge in [0.1, 0.15) is 5.82 Å². The lowest BCUT2D eigenvalue weighted by molar-refractivity contribution is 0.528. The van der Waals surface area contributed by atoms with Gasteiger partial charge in [0.05, 0.1) is 11.4 Å². The van der Waals surface area contributed by atoms with Crippen molar-refractivity contribution < 1.29 is 8.78 Å². The average molecular weight is 540 g/mol. The SMILES string of the molecule is CC(C)(C)N(c1ccccc1F)c1c(-c2ccc(-c3cccc4ccccc34)cc2)ccc(-c2ccccc2)c1F. The Morgan fingerprint density at radius 1 is 0.488 bits per heavy atom. The molecule has 0 aromatic heterocycles. The number of rotatable bonds is 5. The number of hydrogen-bond donors (Lipinski definition) is 0. The van der Waals surface area contributed by atoms with E-state index in [1.807, 2.05) is 87.5 Å². The Hall–Kier alpha value is -4.76. The molecule has 202 valence electrons. The van der Waals surface area contributed by atoms with Gasteiger partial charge in [-0.1, -0.05) is 121 Å².